The van der Waals surface area contributed by atoms with Gasteiger partial charge in [-0.05, 0) is 74.2 Å². The number of aromatic nitrogens is 1. The summed E-state index contributed by atoms with van der Waals surface area (Å²) in [7, 11) is 0. The van der Waals surface area contributed by atoms with Crippen LogP contribution in [-0.4, -0.2) is 29.7 Å². The van der Waals surface area contributed by atoms with E-state index < -0.39 is 22.9 Å². The van der Waals surface area contributed by atoms with Crippen molar-refractivity contribution in [2.45, 2.75) is 39.3 Å². The summed E-state index contributed by atoms with van der Waals surface area (Å²) in [5, 5.41) is 8.16. The molecule has 5 rings (SSSR count). The number of benzene rings is 3. The van der Waals surface area contributed by atoms with Gasteiger partial charge in [0.25, 0.3) is 10.9 Å². The minimum Gasteiger partial charge on any atom is -0.485 e. The molecule has 0 bridgehead atoms. The van der Waals surface area contributed by atoms with Crippen LogP contribution in [0.4, 0.5) is 21.6 Å². The number of hydrogen-bond acceptors (Lipinski definition) is 8. The third-order valence-corrected chi connectivity index (χ3v) is 6.65. The van der Waals surface area contributed by atoms with Gasteiger partial charge in [-0.2, -0.15) is 0 Å². The number of pyridine rings is 1. The Morgan fingerprint density at radius 3 is 2.36 bits per heavy atom. The Morgan fingerprint density at radius 1 is 0.952 bits per heavy atom. The number of nitrogens with one attached hydrogen (secondary N) is 2. The van der Waals surface area contributed by atoms with E-state index in [2.05, 4.69) is 10.6 Å². The van der Waals surface area contributed by atoms with Crippen LogP contribution in [0, 0.1) is 5.82 Å². The van der Waals surface area contributed by atoms with Crippen molar-refractivity contribution in [3.63, 3.8) is 0 Å². The standard InChI is InChI=1S/C33H30FN3O5/c1-4-41-33(40)27(36-28-29(38)30(39)31(28)42-19(2)3)17-20-9-15-24(16-10-20)35-32-25-8-6-5-7-22(25)18-26(37-32)21-11-13-23(34)14-12-21/h5-16,18-19,27,36H,4,17H2,1-3H3,(H,35,37). The zero-order valence-corrected chi connectivity index (χ0v) is 23.4. The van der Waals surface area contributed by atoms with E-state index in [0.717, 1.165) is 27.6 Å². The van der Waals surface area contributed by atoms with E-state index in [9.17, 15) is 18.8 Å². The number of carbonyl (C=O) groups is 1. The molecule has 0 amide bonds. The molecule has 0 aliphatic carbocycles. The predicted octanol–water partition coefficient (Wildman–Crippen LogP) is 5.75. The van der Waals surface area contributed by atoms with Crippen molar-refractivity contribution >= 4 is 33.9 Å². The van der Waals surface area contributed by atoms with E-state index in [-0.39, 0.29) is 36.4 Å². The molecule has 214 valence electrons. The molecular formula is C33H30FN3O5. The highest BCUT2D eigenvalue weighted by Crippen LogP contribution is 2.30. The van der Waals surface area contributed by atoms with Crippen LogP contribution in [0.5, 0.6) is 5.75 Å². The van der Waals surface area contributed by atoms with E-state index in [1.165, 1.54) is 12.1 Å². The number of carbonyl (C=O) groups excluding carboxylic acids is 1. The van der Waals surface area contributed by atoms with Crippen LogP contribution in [0.2, 0.25) is 0 Å². The highest BCUT2D eigenvalue weighted by atomic mass is 19.1. The summed E-state index contributed by atoms with van der Waals surface area (Å²) in [6.45, 7) is 5.36. The maximum Gasteiger partial charge on any atom is 0.328 e. The Kier molecular flexibility index (Phi) is 8.28. The zero-order chi connectivity index (χ0) is 29.8. The molecule has 1 heterocycles. The first-order chi connectivity index (χ1) is 20.2. The number of esters is 1. The Bertz CT molecular complexity index is 1790. The number of fused-ring (bicyclic) bond motifs is 1. The molecule has 0 aliphatic heterocycles. The fourth-order valence-corrected chi connectivity index (χ4v) is 4.62. The average molecular weight is 568 g/mol. The maximum absolute atomic E-state index is 13.5. The molecule has 1 unspecified atom stereocenters. The summed E-state index contributed by atoms with van der Waals surface area (Å²) >= 11 is 0. The molecule has 0 spiro atoms. The summed E-state index contributed by atoms with van der Waals surface area (Å²) < 4.78 is 24.2. The number of hydrogen-bond donors (Lipinski definition) is 2. The van der Waals surface area contributed by atoms with Gasteiger partial charge < -0.3 is 20.1 Å². The van der Waals surface area contributed by atoms with Gasteiger partial charge in [0.2, 0.25) is 0 Å². The molecule has 2 N–H and O–H groups in total. The minimum absolute atomic E-state index is 0.0102. The van der Waals surface area contributed by atoms with Gasteiger partial charge in [-0.3, -0.25) is 9.59 Å². The molecule has 0 saturated carbocycles. The Balaban J connectivity index is 1.38. The molecule has 9 heteroatoms. The fraction of sp³-hybridized carbons (Fsp3) is 0.212. The summed E-state index contributed by atoms with van der Waals surface area (Å²) in [6.07, 6.45) is -0.0989. The molecule has 5 aromatic rings. The highest BCUT2D eigenvalue weighted by molar-refractivity contribution is 5.95. The number of nitrogens with zero attached hydrogens (tertiary/aromatic N) is 1. The fourth-order valence-electron chi connectivity index (χ4n) is 4.62. The molecule has 0 fully saturated rings. The Morgan fingerprint density at radius 2 is 1.67 bits per heavy atom. The lowest BCUT2D eigenvalue weighted by Crippen LogP contribution is -2.42. The van der Waals surface area contributed by atoms with E-state index in [0.29, 0.717) is 11.5 Å². The van der Waals surface area contributed by atoms with Crippen LogP contribution in [0.1, 0.15) is 26.3 Å². The summed E-state index contributed by atoms with van der Waals surface area (Å²) in [4.78, 5) is 41.8. The molecule has 1 aromatic heterocycles. The van der Waals surface area contributed by atoms with Crippen LogP contribution in [0.3, 0.4) is 0 Å². The van der Waals surface area contributed by atoms with Gasteiger partial charge in [0, 0.05) is 23.1 Å². The maximum atomic E-state index is 13.5. The molecule has 42 heavy (non-hydrogen) atoms. The van der Waals surface area contributed by atoms with Crippen LogP contribution in [0.25, 0.3) is 22.0 Å². The van der Waals surface area contributed by atoms with Gasteiger partial charge in [-0.15, -0.1) is 0 Å². The average Bonchev–Trinajstić information content (AvgIpc) is 2.99. The summed E-state index contributed by atoms with van der Waals surface area (Å²) in [5.41, 5.74) is 1.62. The molecule has 0 aliphatic rings. The molecule has 4 aromatic carbocycles. The molecular weight excluding hydrogens is 537 g/mol. The minimum atomic E-state index is -0.903. The zero-order valence-electron chi connectivity index (χ0n) is 23.4. The second-order valence-corrected chi connectivity index (χ2v) is 10.1. The second-order valence-electron chi connectivity index (χ2n) is 10.1. The van der Waals surface area contributed by atoms with Crippen LogP contribution >= 0.6 is 0 Å². The van der Waals surface area contributed by atoms with Crippen LogP contribution in [0.15, 0.2) is 88.5 Å². The third kappa shape index (κ3) is 6.15. The van der Waals surface area contributed by atoms with E-state index in [4.69, 9.17) is 14.5 Å². The van der Waals surface area contributed by atoms with Gasteiger partial charge in [0.1, 0.15) is 23.4 Å². The van der Waals surface area contributed by atoms with Crippen molar-refractivity contribution in [1.82, 2.24) is 4.98 Å². The second kappa shape index (κ2) is 12.2. The van der Waals surface area contributed by atoms with Crippen molar-refractivity contribution in [2.24, 2.45) is 0 Å². The van der Waals surface area contributed by atoms with E-state index in [1.54, 1.807) is 32.9 Å². The van der Waals surface area contributed by atoms with Crippen molar-refractivity contribution in [1.29, 1.82) is 0 Å². The SMILES string of the molecule is CCOC(=O)C(Cc1ccc(Nc2nc(-c3ccc(F)cc3)cc3ccccc23)cc1)Nc1c(OC(C)C)c(=O)c1=O. The lowest BCUT2D eigenvalue weighted by molar-refractivity contribution is -0.144. The Labute approximate surface area is 241 Å². The van der Waals surface area contributed by atoms with Crippen molar-refractivity contribution < 1.29 is 18.7 Å². The monoisotopic (exact) mass is 567 g/mol. The lowest BCUT2D eigenvalue weighted by Gasteiger charge is -2.22. The topological polar surface area (TPSA) is 107 Å². The number of halogens is 1. The molecule has 0 radical (unpaired) electrons. The lowest BCUT2D eigenvalue weighted by atomic mass is 10.0. The van der Waals surface area contributed by atoms with Crippen molar-refractivity contribution in [3.05, 3.63) is 111 Å². The van der Waals surface area contributed by atoms with Gasteiger partial charge in [0.15, 0.2) is 5.75 Å². The molecule has 8 nitrogen and oxygen atoms in total. The summed E-state index contributed by atoms with van der Waals surface area (Å²) in [5.74, 6) is -0.279. The van der Waals surface area contributed by atoms with Gasteiger partial charge in [-0.1, -0.05) is 36.4 Å². The predicted molar refractivity (Wildman–Crippen MR) is 162 cm³/mol. The molecule has 0 saturated heterocycles. The highest BCUT2D eigenvalue weighted by Gasteiger charge is 2.29. The number of ether oxygens (including phenoxy) is 2. The van der Waals surface area contributed by atoms with E-state index in [1.807, 2.05) is 54.6 Å². The number of rotatable bonds is 11. The normalized spacial score (nSPS) is 11.9. The van der Waals surface area contributed by atoms with Gasteiger partial charge in [0.05, 0.1) is 18.4 Å². The number of anilines is 3. The van der Waals surface area contributed by atoms with Crippen LogP contribution < -0.4 is 26.2 Å². The molecule has 1 atom stereocenters. The van der Waals surface area contributed by atoms with E-state index >= 15 is 0 Å². The van der Waals surface area contributed by atoms with Crippen LogP contribution in [-0.2, 0) is 16.0 Å². The quantitative estimate of drug-likeness (QED) is 0.153. The van der Waals surface area contributed by atoms with Gasteiger partial charge >= 0.3 is 5.97 Å². The third-order valence-electron chi connectivity index (χ3n) is 6.65. The first kappa shape index (κ1) is 28.5. The first-order valence-corrected chi connectivity index (χ1v) is 13.7. The van der Waals surface area contributed by atoms with Crippen molar-refractivity contribution in [2.75, 3.05) is 17.2 Å². The van der Waals surface area contributed by atoms with Gasteiger partial charge in [-0.25, -0.2) is 14.2 Å². The van der Waals surface area contributed by atoms with Crippen molar-refractivity contribution in [3.8, 4) is 17.0 Å². The smallest absolute Gasteiger partial charge is 0.328 e. The Hall–Kier alpha value is -5.05. The summed E-state index contributed by atoms with van der Waals surface area (Å²) in [6, 6.07) is 22.6. The largest absolute Gasteiger partial charge is 0.485 e. The first-order valence-electron chi connectivity index (χ1n) is 13.7.